The van der Waals surface area contributed by atoms with E-state index in [1.165, 1.54) is 10.7 Å². The summed E-state index contributed by atoms with van der Waals surface area (Å²) in [6.45, 7) is 1.94. The zero-order valence-corrected chi connectivity index (χ0v) is 9.97. The quantitative estimate of drug-likeness (QED) is 0.823. The average Bonchev–Trinajstić information content (AvgIpc) is 3.10. The molecule has 0 aliphatic heterocycles. The van der Waals surface area contributed by atoms with E-state index in [0.29, 0.717) is 11.6 Å². The van der Waals surface area contributed by atoms with Gasteiger partial charge in [-0.1, -0.05) is 0 Å². The monoisotopic (exact) mass is 247 g/mol. The summed E-state index contributed by atoms with van der Waals surface area (Å²) in [5.74, 6) is -0.159. The van der Waals surface area contributed by atoms with Gasteiger partial charge in [-0.15, -0.1) is 0 Å². The predicted octanol–water partition coefficient (Wildman–Crippen LogP) is 1.08. The molecule has 0 unspecified atom stereocenters. The van der Waals surface area contributed by atoms with Gasteiger partial charge in [0.05, 0.1) is 12.3 Å². The second-order valence-electron chi connectivity index (χ2n) is 4.37. The van der Waals surface area contributed by atoms with Crippen molar-refractivity contribution in [1.82, 2.24) is 14.6 Å². The molecule has 1 saturated carbocycles. The Kier molecular flexibility index (Phi) is 2.43. The first kappa shape index (κ1) is 11.0. The third-order valence-corrected chi connectivity index (χ3v) is 3.01. The number of carbonyl (C=O) groups is 1. The minimum atomic E-state index is -0.621. The van der Waals surface area contributed by atoms with Gasteiger partial charge < -0.3 is 9.72 Å². The van der Waals surface area contributed by atoms with Crippen LogP contribution in [-0.2, 0) is 4.74 Å². The van der Waals surface area contributed by atoms with Gasteiger partial charge in [-0.2, -0.15) is 9.61 Å². The molecule has 0 amide bonds. The fraction of sp³-hybridized carbons (Fsp3) is 0.417. The van der Waals surface area contributed by atoms with Crippen molar-refractivity contribution in [1.29, 1.82) is 0 Å². The summed E-state index contributed by atoms with van der Waals surface area (Å²) >= 11 is 0. The molecule has 0 spiro atoms. The summed E-state index contributed by atoms with van der Waals surface area (Å²) < 4.78 is 6.06. The number of H-pyrrole nitrogens is 1. The van der Waals surface area contributed by atoms with Crippen molar-refractivity contribution in [3.8, 4) is 0 Å². The van der Waals surface area contributed by atoms with Crippen LogP contribution in [0.3, 0.4) is 0 Å². The van der Waals surface area contributed by atoms with E-state index in [0.717, 1.165) is 18.5 Å². The van der Waals surface area contributed by atoms with Crippen molar-refractivity contribution in [3.05, 3.63) is 33.9 Å². The van der Waals surface area contributed by atoms with E-state index < -0.39 is 11.5 Å². The summed E-state index contributed by atoms with van der Waals surface area (Å²) in [5, 5.41) is 4.24. The number of hydrogen-bond donors (Lipinski definition) is 1. The van der Waals surface area contributed by atoms with Crippen LogP contribution in [-0.4, -0.2) is 27.2 Å². The second-order valence-corrected chi connectivity index (χ2v) is 4.37. The van der Waals surface area contributed by atoms with Gasteiger partial charge in [-0.05, 0) is 19.8 Å². The minimum absolute atomic E-state index is 0.0187. The van der Waals surface area contributed by atoms with Crippen LogP contribution in [0.4, 0.5) is 0 Å². The van der Waals surface area contributed by atoms with Gasteiger partial charge in [0.2, 0.25) is 0 Å². The zero-order valence-electron chi connectivity index (χ0n) is 9.97. The predicted molar refractivity (Wildman–Crippen MR) is 63.7 cm³/mol. The lowest BCUT2D eigenvalue weighted by molar-refractivity contribution is 0.0523. The zero-order chi connectivity index (χ0) is 12.7. The average molecular weight is 247 g/mol. The number of esters is 1. The van der Waals surface area contributed by atoms with Crippen LogP contribution in [0.5, 0.6) is 0 Å². The SMILES string of the molecule is CCOC(=O)c1c[nH]c2cc(C3CC3)nn2c1=O. The van der Waals surface area contributed by atoms with Crippen molar-refractivity contribution in [2.75, 3.05) is 6.61 Å². The van der Waals surface area contributed by atoms with E-state index in [4.69, 9.17) is 4.74 Å². The molecular formula is C12H13N3O3. The third-order valence-electron chi connectivity index (χ3n) is 3.01. The van der Waals surface area contributed by atoms with Gasteiger partial charge in [0, 0.05) is 18.2 Å². The molecule has 2 aromatic rings. The van der Waals surface area contributed by atoms with Crippen molar-refractivity contribution in [2.24, 2.45) is 0 Å². The summed E-state index contributed by atoms with van der Waals surface area (Å²) in [6, 6.07) is 1.86. The number of nitrogens with one attached hydrogen (secondary N) is 1. The van der Waals surface area contributed by atoms with E-state index in [1.807, 2.05) is 6.07 Å². The normalized spacial score (nSPS) is 14.9. The first-order valence-electron chi connectivity index (χ1n) is 5.99. The van der Waals surface area contributed by atoms with Gasteiger partial charge in [-0.25, -0.2) is 4.79 Å². The highest BCUT2D eigenvalue weighted by Crippen LogP contribution is 2.39. The molecule has 0 saturated heterocycles. The molecule has 1 aliphatic rings. The Bertz CT molecular complexity index is 667. The van der Waals surface area contributed by atoms with Gasteiger partial charge in [0.25, 0.3) is 5.56 Å². The lowest BCUT2D eigenvalue weighted by Crippen LogP contribution is -2.24. The maximum atomic E-state index is 12.1. The van der Waals surface area contributed by atoms with Crippen LogP contribution >= 0.6 is 0 Å². The van der Waals surface area contributed by atoms with Crippen LogP contribution in [0.15, 0.2) is 17.1 Å². The summed E-state index contributed by atoms with van der Waals surface area (Å²) in [7, 11) is 0. The third kappa shape index (κ3) is 1.70. The maximum Gasteiger partial charge on any atom is 0.345 e. The van der Waals surface area contributed by atoms with Crippen LogP contribution in [0.1, 0.15) is 41.7 Å². The van der Waals surface area contributed by atoms with E-state index in [-0.39, 0.29) is 12.2 Å². The van der Waals surface area contributed by atoms with Gasteiger partial charge >= 0.3 is 5.97 Å². The lowest BCUT2D eigenvalue weighted by atomic mass is 10.3. The molecule has 6 heteroatoms. The van der Waals surface area contributed by atoms with Crippen LogP contribution in [0, 0.1) is 0 Å². The molecule has 0 atom stereocenters. The molecule has 1 fully saturated rings. The smallest absolute Gasteiger partial charge is 0.345 e. The largest absolute Gasteiger partial charge is 0.462 e. The van der Waals surface area contributed by atoms with Crippen LogP contribution in [0.25, 0.3) is 5.65 Å². The highest BCUT2D eigenvalue weighted by molar-refractivity contribution is 5.88. The number of rotatable bonds is 3. The first-order valence-corrected chi connectivity index (χ1v) is 5.99. The fourth-order valence-corrected chi connectivity index (χ4v) is 1.91. The number of aromatic nitrogens is 3. The lowest BCUT2D eigenvalue weighted by Gasteiger charge is -2.00. The van der Waals surface area contributed by atoms with E-state index >= 15 is 0 Å². The first-order chi connectivity index (χ1) is 8.70. The Hall–Kier alpha value is -2.11. The van der Waals surface area contributed by atoms with Gasteiger partial charge in [-0.3, -0.25) is 4.79 Å². The minimum Gasteiger partial charge on any atom is -0.462 e. The van der Waals surface area contributed by atoms with Crippen molar-refractivity contribution >= 4 is 11.6 Å². The molecule has 3 rings (SSSR count). The molecule has 0 aromatic carbocycles. The molecule has 6 nitrogen and oxygen atoms in total. The maximum absolute atomic E-state index is 12.1. The molecular weight excluding hydrogens is 234 g/mol. The molecule has 2 aromatic heterocycles. The van der Waals surface area contributed by atoms with Crippen molar-refractivity contribution in [3.63, 3.8) is 0 Å². The highest BCUT2D eigenvalue weighted by atomic mass is 16.5. The summed E-state index contributed by atoms with van der Waals surface area (Å²) in [4.78, 5) is 26.6. The molecule has 1 aliphatic carbocycles. The van der Waals surface area contributed by atoms with Gasteiger partial charge in [0.1, 0.15) is 11.2 Å². The number of aromatic amines is 1. The van der Waals surface area contributed by atoms with E-state index in [9.17, 15) is 9.59 Å². The molecule has 18 heavy (non-hydrogen) atoms. The fourth-order valence-electron chi connectivity index (χ4n) is 1.91. The number of nitrogens with zero attached hydrogens (tertiary/aromatic N) is 2. The Morgan fingerprint density at radius 2 is 2.39 bits per heavy atom. The van der Waals surface area contributed by atoms with Crippen LogP contribution in [0.2, 0.25) is 0 Å². The Morgan fingerprint density at radius 3 is 3.06 bits per heavy atom. The summed E-state index contributed by atoms with van der Waals surface area (Å²) in [5.41, 5.74) is 1.06. The number of ether oxygens (including phenoxy) is 1. The van der Waals surface area contributed by atoms with E-state index in [2.05, 4.69) is 10.1 Å². The number of fused-ring (bicyclic) bond motifs is 1. The second kappa shape index (κ2) is 3.97. The van der Waals surface area contributed by atoms with Crippen molar-refractivity contribution < 1.29 is 9.53 Å². The highest BCUT2D eigenvalue weighted by Gasteiger charge is 2.27. The molecule has 94 valence electrons. The number of hydrogen-bond acceptors (Lipinski definition) is 4. The molecule has 0 radical (unpaired) electrons. The van der Waals surface area contributed by atoms with Crippen molar-refractivity contribution in [2.45, 2.75) is 25.7 Å². The molecule has 2 heterocycles. The Morgan fingerprint density at radius 1 is 1.61 bits per heavy atom. The topological polar surface area (TPSA) is 76.5 Å². The summed E-state index contributed by atoms with van der Waals surface area (Å²) in [6.07, 6.45) is 3.61. The number of carbonyl (C=O) groups excluding carboxylic acids is 1. The molecule has 0 bridgehead atoms. The van der Waals surface area contributed by atoms with Crippen LogP contribution < -0.4 is 5.56 Å². The Balaban J connectivity index is 2.10. The molecule has 1 N–H and O–H groups in total. The standard InChI is InChI=1S/C12H13N3O3/c1-2-18-12(17)8-6-13-10-5-9(7-3-4-7)14-15(10)11(8)16/h5-7,13H,2-4H2,1H3. The van der Waals surface area contributed by atoms with Gasteiger partial charge in [0.15, 0.2) is 0 Å². The van der Waals surface area contributed by atoms with E-state index in [1.54, 1.807) is 6.92 Å². The Labute approximate surface area is 103 Å².